The fraction of sp³-hybridized carbons (Fsp3) is 0.514. The first kappa shape index (κ1) is 38.4. The Morgan fingerprint density at radius 3 is 2.59 bits per heavy atom. The fourth-order valence-electron chi connectivity index (χ4n) is 7.62. The second-order valence-corrected chi connectivity index (χ2v) is 15.3. The van der Waals surface area contributed by atoms with Crippen molar-refractivity contribution in [2.24, 2.45) is 5.41 Å². The number of methoxy groups -OCH3 is 1. The van der Waals surface area contributed by atoms with E-state index in [9.17, 15) is 9.65 Å². The maximum atomic E-state index is 16.9. The van der Waals surface area contributed by atoms with Gasteiger partial charge in [-0.2, -0.15) is 20.3 Å². The number of nitrogen functional groups attached to an aromatic ring is 1. The van der Waals surface area contributed by atoms with E-state index in [4.69, 9.17) is 37.0 Å². The number of hydrogen-bond acceptors (Lipinski definition) is 11. The molecule has 6 heterocycles. The van der Waals surface area contributed by atoms with Crippen LogP contribution in [-0.4, -0.2) is 103 Å². The summed E-state index contributed by atoms with van der Waals surface area (Å²) in [6.07, 6.45) is 4.20. The number of hydrogen-bond donors (Lipinski definition) is 2. The topological polar surface area (TPSA) is 138 Å². The summed E-state index contributed by atoms with van der Waals surface area (Å²) in [5.41, 5.74) is 6.63. The number of likely N-dealkylation sites (N-methyl/N-ethyl adjacent to an activating group) is 1. The van der Waals surface area contributed by atoms with Gasteiger partial charge in [0.2, 0.25) is 0 Å². The van der Waals surface area contributed by atoms with Crippen LogP contribution in [0, 0.1) is 28.4 Å². The van der Waals surface area contributed by atoms with E-state index in [2.05, 4.69) is 33.2 Å². The molecule has 4 aliphatic heterocycles. The number of halogens is 3. The van der Waals surface area contributed by atoms with Crippen molar-refractivity contribution < 1.29 is 56.2 Å². The molecule has 4 fully saturated rings. The average molecular weight is 815 g/mol. The van der Waals surface area contributed by atoms with Gasteiger partial charge in [0, 0.05) is 75.3 Å². The second-order valence-electron chi connectivity index (χ2n) is 13.8. The number of nitrogens with zero attached hydrogens (tertiary/aromatic N) is 7. The first-order chi connectivity index (χ1) is 24.0. The third kappa shape index (κ3) is 7.31. The molecule has 2 aromatic carbocycles. The van der Waals surface area contributed by atoms with Gasteiger partial charge in [-0.25, -0.2) is 8.78 Å². The molecule has 1 radical (unpaired) electrons. The molecule has 4 aliphatic rings. The zero-order valence-electron chi connectivity index (χ0n) is 28.8. The summed E-state index contributed by atoms with van der Waals surface area (Å²) in [7, 11) is 3.72. The number of rotatable bonds is 6. The van der Waals surface area contributed by atoms with E-state index < -0.39 is 11.6 Å². The number of fused-ring (bicyclic) bond motifs is 2. The molecule has 16 heteroatoms. The molecule has 0 aliphatic carbocycles. The Bertz CT molecular complexity index is 1970. The first-order valence-corrected chi connectivity index (χ1v) is 18.0. The van der Waals surface area contributed by atoms with Gasteiger partial charge in [0.25, 0.3) is 0 Å². The van der Waals surface area contributed by atoms with Gasteiger partial charge in [0.1, 0.15) is 34.3 Å². The summed E-state index contributed by atoms with van der Waals surface area (Å²) in [6.45, 7) is 7.44. The molecule has 2 aromatic heterocycles. The number of aromatic nitrogens is 2. The number of benzene rings is 2. The Labute approximate surface area is 329 Å². The zero-order valence-corrected chi connectivity index (χ0v) is 33.2. The largest absolute Gasteiger partial charge is 0.661 e. The molecular formula is C35H40ClF2N8O3SY-. The zero-order chi connectivity index (χ0) is 35.3. The quantitative estimate of drug-likeness (QED) is 0.224. The Hall–Kier alpha value is -2.32. The van der Waals surface area contributed by atoms with Gasteiger partial charge < -0.3 is 30.6 Å². The van der Waals surface area contributed by atoms with Gasteiger partial charge in [-0.15, -0.1) is 24.4 Å². The molecule has 1 spiro atoms. The summed E-state index contributed by atoms with van der Waals surface area (Å²) in [5.74, 6) is -0.650. The number of thiophene rings is 1. The van der Waals surface area contributed by atoms with Crippen molar-refractivity contribution in [3.05, 3.63) is 45.7 Å². The third-order valence-electron chi connectivity index (χ3n) is 10.5. The van der Waals surface area contributed by atoms with E-state index in [0.717, 1.165) is 69.7 Å². The summed E-state index contributed by atoms with van der Waals surface area (Å²) >= 11 is 7.80. The molecule has 0 amide bonds. The van der Waals surface area contributed by atoms with E-state index in [0.29, 0.717) is 24.3 Å². The Morgan fingerprint density at radius 2 is 1.98 bits per heavy atom. The average Bonchev–Trinajstić information content (AvgIpc) is 3.66. The molecule has 1 unspecified atom stereocenters. The number of hydroxylamine groups is 2. The van der Waals surface area contributed by atoms with Crippen molar-refractivity contribution in [2.45, 2.75) is 50.9 Å². The van der Waals surface area contributed by atoms with Gasteiger partial charge in [0.15, 0.2) is 5.82 Å². The number of likely N-dealkylation sites (tertiary alicyclic amines) is 1. The van der Waals surface area contributed by atoms with Gasteiger partial charge in [-0.3, -0.25) is 4.90 Å². The molecule has 4 saturated heterocycles. The number of ether oxygens (including phenoxy) is 2. The van der Waals surface area contributed by atoms with E-state index in [1.807, 2.05) is 6.92 Å². The first-order valence-electron chi connectivity index (χ1n) is 16.8. The SMILES string of the molecule is COC1CN(O)C1.C[C@H](Oc1nc(N2CCCC3(C[N-]C3)C2)c2cc(Cl)c(-c3ccc(F)c4sc(N)c(C#N)c34)c(F)c2n1)C1CCCN1C.[Y]. The van der Waals surface area contributed by atoms with Crippen molar-refractivity contribution >= 4 is 54.7 Å². The minimum Gasteiger partial charge on any atom is -0.661 e. The standard InChI is InChI=1S/C31H31ClF2N7OS.C4H9NO2.Y/c1-16(22-5-3-9-40(22)2)42-30-38-26-18(29(39-30)41-10-4-8-31(15-41)13-37-14-31)11-20(32)24(25(26)34)17-6-7-21(33)27-23(17)19(12-35)28(36)43-27;1-7-4-2-5(6)3-4;/h6-7,11,16,22H,3-5,8-10,13-15,36H2,1-2H3;4,6H,2-3H2,1H3;/q-1;;/t16-,22?;;/m0../s1. The van der Waals surface area contributed by atoms with Crippen LogP contribution in [0.15, 0.2) is 18.2 Å². The molecular weight excluding hydrogens is 775 g/mol. The van der Waals surface area contributed by atoms with Crippen molar-refractivity contribution in [3.8, 4) is 23.2 Å². The summed E-state index contributed by atoms with van der Waals surface area (Å²) < 4.78 is 43.1. The van der Waals surface area contributed by atoms with Crippen molar-refractivity contribution in [2.75, 3.05) is 70.6 Å². The molecule has 0 bridgehead atoms. The van der Waals surface area contributed by atoms with Crippen LogP contribution in [0.2, 0.25) is 5.02 Å². The van der Waals surface area contributed by atoms with E-state index in [1.165, 1.54) is 17.2 Å². The van der Waals surface area contributed by atoms with E-state index in [-0.39, 0.29) is 105 Å². The van der Waals surface area contributed by atoms with Crippen LogP contribution in [-0.2, 0) is 37.4 Å². The van der Waals surface area contributed by atoms with Crippen LogP contribution in [0.5, 0.6) is 6.01 Å². The predicted octanol–water partition coefficient (Wildman–Crippen LogP) is 6.44. The maximum Gasteiger partial charge on any atom is 0.319 e. The maximum absolute atomic E-state index is 16.9. The second kappa shape index (κ2) is 15.6. The van der Waals surface area contributed by atoms with Crippen molar-refractivity contribution in [1.82, 2.24) is 19.9 Å². The molecule has 11 nitrogen and oxygen atoms in total. The Balaban J connectivity index is 0.000000503. The molecule has 8 rings (SSSR count). The van der Waals surface area contributed by atoms with Crippen LogP contribution < -0.4 is 15.4 Å². The molecule has 4 aromatic rings. The third-order valence-corrected chi connectivity index (χ3v) is 11.8. The number of nitrogens with two attached hydrogens (primary N) is 1. The Kier molecular flexibility index (Phi) is 11.7. The minimum atomic E-state index is -0.687. The summed E-state index contributed by atoms with van der Waals surface area (Å²) in [5, 5.41) is 25.0. The van der Waals surface area contributed by atoms with Gasteiger partial charge >= 0.3 is 6.01 Å². The molecule has 3 N–H and O–H groups in total. The smallest absolute Gasteiger partial charge is 0.319 e. The van der Waals surface area contributed by atoms with Crippen LogP contribution in [0.1, 0.15) is 38.2 Å². The number of nitriles is 1. The van der Waals surface area contributed by atoms with Crippen LogP contribution in [0.4, 0.5) is 19.6 Å². The summed E-state index contributed by atoms with van der Waals surface area (Å²) in [4.78, 5) is 13.9. The number of piperidine rings is 1. The van der Waals surface area contributed by atoms with Crippen molar-refractivity contribution in [3.63, 3.8) is 0 Å². The Morgan fingerprint density at radius 1 is 1.22 bits per heavy atom. The number of anilines is 2. The van der Waals surface area contributed by atoms with Gasteiger partial charge in [0.05, 0.1) is 34.5 Å². The molecule has 269 valence electrons. The van der Waals surface area contributed by atoms with Crippen LogP contribution in [0.3, 0.4) is 0 Å². The monoisotopic (exact) mass is 814 g/mol. The van der Waals surface area contributed by atoms with Crippen LogP contribution >= 0.6 is 22.9 Å². The minimum absolute atomic E-state index is 0. The summed E-state index contributed by atoms with van der Waals surface area (Å²) in [6, 6.07) is 6.70. The predicted molar refractivity (Wildman–Crippen MR) is 191 cm³/mol. The molecule has 51 heavy (non-hydrogen) atoms. The van der Waals surface area contributed by atoms with Crippen LogP contribution in [0.25, 0.3) is 37.4 Å². The van der Waals surface area contributed by atoms with E-state index >= 15 is 4.39 Å². The van der Waals surface area contributed by atoms with E-state index in [1.54, 1.807) is 13.2 Å². The van der Waals surface area contributed by atoms with Crippen molar-refractivity contribution in [1.29, 1.82) is 5.26 Å². The van der Waals surface area contributed by atoms with Gasteiger partial charge in [-0.1, -0.05) is 17.7 Å². The van der Waals surface area contributed by atoms with Gasteiger partial charge in [-0.05, 0) is 69.3 Å². The molecule has 0 saturated carbocycles. The fourth-order valence-corrected chi connectivity index (χ4v) is 8.87. The molecule has 2 atom stereocenters. The normalized spacial score (nSPS) is 21.1.